The van der Waals surface area contributed by atoms with Crippen molar-refractivity contribution in [1.29, 1.82) is 0 Å². The van der Waals surface area contributed by atoms with Crippen LogP contribution in [0.1, 0.15) is 49.8 Å². The van der Waals surface area contributed by atoms with Crippen LogP contribution in [0.3, 0.4) is 0 Å². The van der Waals surface area contributed by atoms with Gasteiger partial charge < -0.3 is 10.0 Å². The number of hydrogen-bond donors (Lipinski definition) is 1. The fourth-order valence-corrected chi connectivity index (χ4v) is 5.00. The maximum Gasteiger partial charge on any atom is 0.490 e. The Hall–Kier alpha value is -2.59. The second kappa shape index (κ2) is 11.9. The Morgan fingerprint density at radius 1 is 1.06 bits per heavy atom. The number of alkyl halides is 3. The number of fused-ring (bicyclic) bond motifs is 1. The molecule has 6 nitrogen and oxygen atoms in total. The lowest BCUT2D eigenvalue weighted by Gasteiger charge is -2.21. The van der Waals surface area contributed by atoms with Crippen LogP contribution in [0.25, 0.3) is 0 Å². The first-order valence-electron chi connectivity index (χ1n) is 11.5. The van der Waals surface area contributed by atoms with Crippen LogP contribution in [-0.4, -0.2) is 57.3 Å². The molecule has 2 aromatic carbocycles. The molecule has 3 rings (SSSR count). The summed E-state index contributed by atoms with van der Waals surface area (Å²) in [5.74, 6) is -2.38. The molecule has 0 aromatic heterocycles. The van der Waals surface area contributed by atoms with Gasteiger partial charge in [0.15, 0.2) is 0 Å². The van der Waals surface area contributed by atoms with Gasteiger partial charge in [0.05, 0.1) is 10.6 Å². The number of carbonyl (C=O) groups is 1. The Bertz CT molecular complexity index is 1100. The minimum Gasteiger partial charge on any atom is -0.475 e. The number of carboxylic acids is 1. The average molecular weight is 515 g/mol. The minimum absolute atomic E-state index is 0.337. The highest BCUT2D eigenvalue weighted by molar-refractivity contribution is 7.92. The first kappa shape index (κ1) is 28.6. The largest absolute Gasteiger partial charge is 0.490 e. The molecule has 35 heavy (non-hydrogen) atoms. The minimum atomic E-state index is -5.08. The summed E-state index contributed by atoms with van der Waals surface area (Å²) in [4.78, 5) is 11.7. The summed E-state index contributed by atoms with van der Waals surface area (Å²) >= 11 is 0. The molecular weight excluding hydrogens is 481 g/mol. The lowest BCUT2D eigenvalue weighted by atomic mass is 10.0. The summed E-state index contributed by atoms with van der Waals surface area (Å²) in [6, 6.07) is 13.4. The molecule has 0 bridgehead atoms. The van der Waals surface area contributed by atoms with Crippen molar-refractivity contribution in [2.24, 2.45) is 0 Å². The van der Waals surface area contributed by atoms with Crippen molar-refractivity contribution in [3.63, 3.8) is 0 Å². The number of aliphatic carboxylic acids is 1. The zero-order valence-electron chi connectivity index (χ0n) is 20.5. The van der Waals surface area contributed by atoms with Crippen LogP contribution in [0.4, 0.5) is 18.9 Å². The maximum atomic E-state index is 13.1. The van der Waals surface area contributed by atoms with Crippen LogP contribution in [0, 0.1) is 0 Å². The van der Waals surface area contributed by atoms with E-state index in [1.807, 2.05) is 18.2 Å². The van der Waals surface area contributed by atoms with Gasteiger partial charge in [0.2, 0.25) is 0 Å². The average Bonchev–Trinajstić information content (AvgIpc) is 3.00. The van der Waals surface area contributed by atoms with Gasteiger partial charge in [0, 0.05) is 20.1 Å². The van der Waals surface area contributed by atoms with E-state index in [1.165, 1.54) is 15.4 Å². The monoisotopic (exact) mass is 514 g/mol. The van der Waals surface area contributed by atoms with E-state index in [1.54, 1.807) is 19.2 Å². The Balaban J connectivity index is 0.000000540. The normalized spacial score (nSPS) is 14.5. The molecule has 0 radical (unpaired) electrons. The maximum absolute atomic E-state index is 13.1. The fourth-order valence-electron chi connectivity index (χ4n) is 3.82. The van der Waals surface area contributed by atoms with E-state index in [0.717, 1.165) is 50.1 Å². The Kier molecular flexibility index (Phi) is 9.74. The van der Waals surface area contributed by atoms with Gasteiger partial charge >= 0.3 is 12.1 Å². The van der Waals surface area contributed by atoms with Gasteiger partial charge in [-0.15, -0.1) is 0 Å². The zero-order chi connectivity index (χ0) is 26.4. The zero-order valence-corrected chi connectivity index (χ0v) is 21.3. The van der Waals surface area contributed by atoms with E-state index in [9.17, 15) is 21.6 Å². The summed E-state index contributed by atoms with van der Waals surface area (Å²) in [6.45, 7) is 9.67. The van der Waals surface area contributed by atoms with Crippen molar-refractivity contribution in [2.75, 3.05) is 31.0 Å². The standard InChI is InChI=1S/C23H32N2O2S.C2HF3O2/c1-5-14-25-15-12-20-6-9-22(17-21(20)13-16-25)24(4)28(26,27)23-10-7-19(8-11-23)18(2)3;3-2(4,5)1(6)7/h6-11,17-18H,5,12-16H2,1-4H3;(H,6,7). The molecule has 194 valence electrons. The van der Waals surface area contributed by atoms with E-state index >= 15 is 0 Å². The number of carboxylic acid groups (broad SMARTS) is 1. The molecule has 0 aliphatic carbocycles. The molecule has 0 unspecified atom stereocenters. The van der Waals surface area contributed by atoms with Crippen molar-refractivity contribution >= 4 is 21.7 Å². The highest BCUT2D eigenvalue weighted by atomic mass is 32.2. The first-order chi connectivity index (χ1) is 16.3. The van der Waals surface area contributed by atoms with E-state index in [0.29, 0.717) is 10.8 Å². The van der Waals surface area contributed by atoms with Crippen molar-refractivity contribution < 1.29 is 31.5 Å². The Labute approximate surface area is 205 Å². The summed E-state index contributed by atoms with van der Waals surface area (Å²) in [5.41, 5.74) is 4.49. The smallest absolute Gasteiger partial charge is 0.475 e. The molecule has 1 heterocycles. The van der Waals surface area contributed by atoms with Gasteiger partial charge in [-0.25, -0.2) is 13.2 Å². The molecule has 2 aromatic rings. The number of rotatable bonds is 6. The van der Waals surface area contributed by atoms with Crippen molar-refractivity contribution in [2.45, 2.75) is 57.0 Å². The lowest BCUT2D eigenvalue weighted by molar-refractivity contribution is -0.192. The van der Waals surface area contributed by atoms with E-state index in [2.05, 4.69) is 37.8 Å². The van der Waals surface area contributed by atoms with Crippen LogP contribution >= 0.6 is 0 Å². The predicted molar refractivity (Wildman–Crippen MR) is 130 cm³/mol. The van der Waals surface area contributed by atoms with E-state index in [-0.39, 0.29) is 0 Å². The van der Waals surface area contributed by atoms with Crippen LogP contribution in [0.5, 0.6) is 0 Å². The second-order valence-corrected chi connectivity index (χ2v) is 10.8. The van der Waals surface area contributed by atoms with Crippen molar-refractivity contribution in [3.8, 4) is 0 Å². The summed E-state index contributed by atoms with van der Waals surface area (Å²) in [5, 5.41) is 7.12. The highest BCUT2D eigenvalue weighted by Gasteiger charge is 2.38. The van der Waals surface area contributed by atoms with Gasteiger partial charge in [-0.1, -0.05) is 39.0 Å². The summed E-state index contributed by atoms with van der Waals surface area (Å²) in [7, 11) is -1.92. The van der Waals surface area contributed by atoms with E-state index < -0.39 is 22.2 Å². The lowest BCUT2D eigenvalue weighted by Crippen LogP contribution is -2.27. The van der Waals surface area contributed by atoms with Gasteiger partial charge in [-0.05, 0) is 72.7 Å². The number of hydrogen-bond acceptors (Lipinski definition) is 4. The third kappa shape index (κ3) is 7.70. The van der Waals surface area contributed by atoms with Crippen molar-refractivity contribution in [3.05, 3.63) is 59.2 Å². The van der Waals surface area contributed by atoms with Crippen LogP contribution in [0.15, 0.2) is 47.4 Å². The number of nitrogens with zero attached hydrogens (tertiary/aromatic N) is 2. The number of sulfonamides is 1. The van der Waals surface area contributed by atoms with Gasteiger partial charge in [-0.2, -0.15) is 13.2 Å². The Morgan fingerprint density at radius 3 is 2.09 bits per heavy atom. The molecule has 1 aliphatic heterocycles. The molecule has 10 heteroatoms. The highest BCUT2D eigenvalue weighted by Crippen LogP contribution is 2.27. The summed E-state index contributed by atoms with van der Waals surface area (Å²) < 4.78 is 59.4. The molecular formula is C25H33F3N2O4S. The SMILES string of the molecule is CCCN1CCc2ccc(N(C)S(=O)(=O)c3ccc(C(C)C)cc3)cc2CC1.O=C(O)C(F)(F)F. The summed E-state index contributed by atoms with van der Waals surface area (Å²) in [6.07, 6.45) is -1.92. The van der Waals surface area contributed by atoms with Gasteiger partial charge in [0.25, 0.3) is 10.0 Å². The fraction of sp³-hybridized carbons (Fsp3) is 0.480. The third-order valence-corrected chi connectivity index (χ3v) is 7.74. The third-order valence-electron chi connectivity index (χ3n) is 5.94. The molecule has 0 fully saturated rings. The number of benzene rings is 2. The quantitative estimate of drug-likeness (QED) is 0.582. The molecule has 0 amide bonds. The van der Waals surface area contributed by atoms with Crippen LogP contribution < -0.4 is 4.31 Å². The topological polar surface area (TPSA) is 77.9 Å². The Morgan fingerprint density at radius 2 is 1.60 bits per heavy atom. The predicted octanol–water partition coefficient (Wildman–Crippen LogP) is 5.08. The van der Waals surface area contributed by atoms with Crippen molar-refractivity contribution in [1.82, 2.24) is 4.90 Å². The molecule has 0 saturated carbocycles. The number of halogens is 3. The second-order valence-electron chi connectivity index (χ2n) is 8.79. The number of anilines is 1. The first-order valence-corrected chi connectivity index (χ1v) is 12.9. The van der Waals surface area contributed by atoms with Gasteiger partial charge in [0.1, 0.15) is 0 Å². The van der Waals surface area contributed by atoms with Gasteiger partial charge in [-0.3, -0.25) is 4.31 Å². The molecule has 1 aliphatic rings. The molecule has 0 saturated heterocycles. The molecule has 0 spiro atoms. The van der Waals surface area contributed by atoms with Crippen LogP contribution in [-0.2, 0) is 27.7 Å². The molecule has 1 N–H and O–H groups in total. The van der Waals surface area contributed by atoms with Crippen LogP contribution in [0.2, 0.25) is 0 Å². The molecule has 0 atom stereocenters. The van der Waals surface area contributed by atoms with E-state index in [4.69, 9.17) is 9.90 Å².